The molecule has 1 atom stereocenters. The maximum absolute atomic E-state index is 8.86. The minimum Gasteiger partial charge on any atom is -0.198 e. The van der Waals surface area contributed by atoms with Gasteiger partial charge in [0.25, 0.3) is 0 Å². The van der Waals surface area contributed by atoms with Crippen molar-refractivity contribution in [3.63, 3.8) is 0 Å². The van der Waals surface area contributed by atoms with Crippen LogP contribution in [0.2, 0.25) is 0 Å². The summed E-state index contributed by atoms with van der Waals surface area (Å²) >= 11 is 0. The molecule has 0 heterocycles. The maximum atomic E-state index is 8.86. The molecule has 2 rings (SSSR count). The molecule has 0 radical (unpaired) electrons. The van der Waals surface area contributed by atoms with Crippen LogP contribution in [-0.4, -0.2) is 0 Å². The molecule has 1 aromatic carbocycles. The summed E-state index contributed by atoms with van der Waals surface area (Å²) in [5.74, 6) is 0. The van der Waals surface area contributed by atoms with Gasteiger partial charge in [-0.25, -0.2) is 0 Å². The monoisotopic (exact) mass is 185 g/mol. The number of aryl methyl sites for hydroxylation is 1. The average molecular weight is 185 g/mol. The molecule has 0 aliphatic heterocycles. The number of fused-ring (bicyclic) bond motifs is 1. The largest absolute Gasteiger partial charge is 0.198 e. The predicted molar refractivity (Wildman–Crippen MR) is 57.0 cm³/mol. The van der Waals surface area contributed by atoms with E-state index in [1.807, 2.05) is 0 Å². The minimum absolute atomic E-state index is 0.101. The average Bonchev–Trinajstić information content (AvgIpc) is 2.19. The molecular formula is C13H15N. The van der Waals surface area contributed by atoms with Gasteiger partial charge in [0.2, 0.25) is 0 Å². The molecule has 0 amide bonds. The van der Waals surface area contributed by atoms with Crippen molar-refractivity contribution in [2.75, 3.05) is 0 Å². The van der Waals surface area contributed by atoms with Gasteiger partial charge in [0.1, 0.15) is 0 Å². The van der Waals surface area contributed by atoms with Crippen molar-refractivity contribution in [3.05, 3.63) is 35.4 Å². The zero-order chi connectivity index (χ0) is 10.0. The molecule has 1 heteroatoms. The second-order valence-electron chi connectivity index (χ2n) is 4.41. The van der Waals surface area contributed by atoms with E-state index in [1.54, 1.807) is 0 Å². The van der Waals surface area contributed by atoms with Crippen LogP contribution in [0.3, 0.4) is 0 Å². The summed E-state index contributed by atoms with van der Waals surface area (Å²) in [5.41, 5.74) is 2.94. The molecule has 1 unspecified atom stereocenters. The smallest absolute Gasteiger partial charge is 0.0631 e. The molecule has 1 nitrogen and oxygen atoms in total. The Morgan fingerprint density at radius 1 is 1.43 bits per heavy atom. The fraction of sp³-hybridized carbons (Fsp3) is 0.462. The van der Waals surface area contributed by atoms with Gasteiger partial charge in [0.15, 0.2) is 0 Å². The van der Waals surface area contributed by atoms with E-state index in [0.717, 1.165) is 6.42 Å². The van der Waals surface area contributed by atoms with Crippen LogP contribution in [0.15, 0.2) is 24.3 Å². The van der Waals surface area contributed by atoms with Crippen LogP contribution in [-0.2, 0) is 11.8 Å². The van der Waals surface area contributed by atoms with Gasteiger partial charge in [-0.2, -0.15) is 5.26 Å². The van der Waals surface area contributed by atoms with Gasteiger partial charge in [0.05, 0.1) is 6.07 Å². The summed E-state index contributed by atoms with van der Waals surface area (Å²) in [5, 5.41) is 8.86. The normalized spacial score (nSPS) is 25.1. The number of benzene rings is 1. The first-order chi connectivity index (χ1) is 6.76. The first kappa shape index (κ1) is 9.27. The Kier molecular flexibility index (Phi) is 2.29. The van der Waals surface area contributed by atoms with Crippen molar-refractivity contribution in [1.29, 1.82) is 5.26 Å². The van der Waals surface area contributed by atoms with Crippen molar-refractivity contribution in [2.24, 2.45) is 0 Å². The minimum atomic E-state index is 0.101. The summed E-state index contributed by atoms with van der Waals surface area (Å²) in [4.78, 5) is 0. The highest BCUT2D eigenvalue weighted by molar-refractivity contribution is 5.36. The molecule has 0 aromatic heterocycles. The van der Waals surface area contributed by atoms with E-state index in [4.69, 9.17) is 5.26 Å². The molecule has 1 aliphatic rings. The number of hydrogen-bond donors (Lipinski definition) is 0. The van der Waals surface area contributed by atoms with Gasteiger partial charge in [-0.3, -0.25) is 0 Å². The topological polar surface area (TPSA) is 23.8 Å². The summed E-state index contributed by atoms with van der Waals surface area (Å²) in [7, 11) is 0. The Morgan fingerprint density at radius 3 is 3.00 bits per heavy atom. The predicted octanol–water partition coefficient (Wildman–Crippen LogP) is 3.19. The third kappa shape index (κ3) is 1.42. The van der Waals surface area contributed by atoms with Gasteiger partial charge in [0, 0.05) is 11.8 Å². The third-order valence-corrected chi connectivity index (χ3v) is 3.31. The Hall–Kier alpha value is -1.29. The van der Waals surface area contributed by atoms with Crippen LogP contribution < -0.4 is 0 Å². The highest BCUT2D eigenvalue weighted by atomic mass is 14.4. The molecule has 0 spiro atoms. The first-order valence-electron chi connectivity index (χ1n) is 5.22. The summed E-state index contributed by atoms with van der Waals surface area (Å²) < 4.78 is 0. The van der Waals surface area contributed by atoms with Crippen molar-refractivity contribution in [1.82, 2.24) is 0 Å². The third-order valence-electron chi connectivity index (χ3n) is 3.31. The van der Waals surface area contributed by atoms with Crippen molar-refractivity contribution >= 4 is 0 Å². The lowest BCUT2D eigenvalue weighted by atomic mass is 9.70. The highest BCUT2D eigenvalue weighted by Crippen LogP contribution is 2.39. The van der Waals surface area contributed by atoms with Gasteiger partial charge in [-0.15, -0.1) is 0 Å². The Labute approximate surface area is 85.4 Å². The zero-order valence-electron chi connectivity index (χ0n) is 8.59. The van der Waals surface area contributed by atoms with E-state index in [1.165, 1.54) is 24.0 Å². The van der Waals surface area contributed by atoms with E-state index in [9.17, 15) is 0 Å². The number of nitriles is 1. The first-order valence-corrected chi connectivity index (χ1v) is 5.22. The van der Waals surface area contributed by atoms with E-state index in [0.29, 0.717) is 6.42 Å². The van der Waals surface area contributed by atoms with Crippen LogP contribution >= 0.6 is 0 Å². The maximum Gasteiger partial charge on any atom is 0.0631 e. The summed E-state index contributed by atoms with van der Waals surface area (Å²) in [6.45, 7) is 2.22. The molecule has 0 saturated heterocycles. The Bertz CT molecular complexity index is 375. The number of nitrogens with zero attached hydrogens (tertiary/aromatic N) is 1. The fourth-order valence-corrected chi connectivity index (χ4v) is 2.49. The van der Waals surface area contributed by atoms with E-state index in [2.05, 4.69) is 37.3 Å². The van der Waals surface area contributed by atoms with Gasteiger partial charge in [-0.1, -0.05) is 31.2 Å². The summed E-state index contributed by atoms with van der Waals surface area (Å²) in [6.07, 6.45) is 4.19. The SMILES string of the molecule is CC1(CC#N)CCCc2ccccc21. The quantitative estimate of drug-likeness (QED) is 0.659. The number of hydrogen-bond acceptors (Lipinski definition) is 1. The summed E-state index contributed by atoms with van der Waals surface area (Å²) in [6, 6.07) is 10.9. The molecule has 0 saturated carbocycles. The molecule has 1 aromatic rings. The van der Waals surface area contributed by atoms with Crippen LogP contribution in [0, 0.1) is 11.3 Å². The van der Waals surface area contributed by atoms with Gasteiger partial charge >= 0.3 is 0 Å². The molecule has 0 fully saturated rings. The van der Waals surface area contributed by atoms with Crippen LogP contribution in [0.5, 0.6) is 0 Å². The molecule has 0 bridgehead atoms. The Balaban J connectivity index is 2.45. The molecular weight excluding hydrogens is 170 g/mol. The van der Waals surface area contributed by atoms with E-state index >= 15 is 0 Å². The molecule has 1 aliphatic carbocycles. The molecule has 0 N–H and O–H groups in total. The van der Waals surface area contributed by atoms with E-state index in [-0.39, 0.29) is 5.41 Å². The van der Waals surface area contributed by atoms with E-state index < -0.39 is 0 Å². The van der Waals surface area contributed by atoms with Crippen molar-refractivity contribution in [3.8, 4) is 6.07 Å². The van der Waals surface area contributed by atoms with Crippen LogP contribution in [0.4, 0.5) is 0 Å². The lowest BCUT2D eigenvalue weighted by Crippen LogP contribution is -2.26. The van der Waals surface area contributed by atoms with Gasteiger partial charge < -0.3 is 0 Å². The molecule has 14 heavy (non-hydrogen) atoms. The lowest BCUT2D eigenvalue weighted by molar-refractivity contribution is 0.401. The second kappa shape index (κ2) is 3.46. The lowest BCUT2D eigenvalue weighted by Gasteiger charge is -2.34. The number of rotatable bonds is 1. The molecule has 72 valence electrons. The van der Waals surface area contributed by atoms with Crippen molar-refractivity contribution < 1.29 is 0 Å². The zero-order valence-corrected chi connectivity index (χ0v) is 8.59. The van der Waals surface area contributed by atoms with Crippen LogP contribution in [0.25, 0.3) is 0 Å². The Morgan fingerprint density at radius 2 is 2.21 bits per heavy atom. The standard InChI is InChI=1S/C13H15N/c1-13(9-10-14)8-4-6-11-5-2-3-7-12(11)13/h2-3,5,7H,4,6,8-9H2,1H3. The van der Waals surface area contributed by atoms with Crippen LogP contribution in [0.1, 0.15) is 37.3 Å². The van der Waals surface area contributed by atoms with Crippen molar-refractivity contribution in [2.45, 2.75) is 38.0 Å². The highest BCUT2D eigenvalue weighted by Gasteiger charge is 2.31. The second-order valence-corrected chi connectivity index (χ2v) is 4.41. The fourth-order valence-electron chi connectivity index (χ4n) is 2.49. The van der Waals surface area contributed by atoms with Gasteiger partial charge in [-0.05, 0) is 30.4 Å².